The molecule has 1 saturated heterocycles. The number of alkyl carbamates (subject to hydrolysis) is 1. The number of carbonyl (C=O) groups is 4. The van der Waals surface area contributed by atoms with Gasteiger partial charge in [-0.3, -0.25) is 14.5 Å². The van der Waals surface area contributed by atoms with Crippen LogP contribution in [0.1, 0.15) is 67.2 Å². The SMILES string of the molecule is C=C[C@@H]1C[C@H]1N(C(=O)[C@@H]1C[C@H](O)CN1C(=O)C(NC(=O)OC(C)C)C(C)(C)C)C(=O)N(CC)S(=O)(=O)C1CC1. The van der Waals surface area contributed by atoms with Crippen LogP contribution in [0.4, 0.5) is 9.59 Å². The van der Waals surface area contributed by atoms with Crippen molar-refractivity contribution in [2.75, 3.05) is 13.1 Å². The van der Waals surface area contributed by atoms with E-state index >= 15 is 0 Å². The Balaban J connectivity index is 1.92. The number of sulfonamides is 1. The molecule has 1 unspecified atom stereocenters. The number of likely N-dealkylation sites (tertiary alicyclic amines) is 1. The lowest BCUT2D eigenvalue weighted by molar-refractivity contribution is -0.145. The number of carbonyl (C=O) groups excluding carboxylic acids is 4. The largest absolute Gasteiger partial charge is 0.447 e. The van der Waals surface area contributed by atoms with Crippen molar-refractivity contribution in [2.45, 2.75) is 103 Å². The number of nitrogens with one attached hydrogen (secondary N) is 1. The van der Waals surface area contributed by atoms with Crippen LogP contribution in [0.15, 0.2) is 12.7 Å². The molecule has 5 atom stereocenters. The van der Waals surface area contributed by atoms with Gasteiger partial charge in [0, 0.05) is 25.6 Å². The highest BCUT2D eigenvalue weighted by Gasteiger charge is 2.54. The Morgan fingerprint density at radius 3 is 2.26 bits per heavy atom. The van der Waals surface area contributed by atoms with Crippen molar-refractivity contribution in [3.63, 3.8) is 0 Å². The number of amides is 5. The number of aliphatic hydroxyl groups excluding tert-OH is 1. The molecule has 2 saturated carbocycles. The molecular weight excluding hydrogens is 528 g/mol. The van der Waals surface area contributed by atoms with Gasteiger partial charge in [0.05, 0.1) is 17.5 Å². The van der Waals surface area contributed by atoms with Crippen molar-refractivity contribution in [3.05, 3.63) is 12.7 Å². The van der Waals surface area contributed by atoms with Gasteiger partial charge in [0.2, 0.25) is 15.9 Å². The first-order valence-corrected chi connectivity index (χ1v) is 15.0. The van der Waals surface area contributed by atoms with Gasteiger partial charge in [-0.05, 0) is 51.4 Å². The van der Waals surface area contributed by atoms with E-state index in [1.54, 1.807) is 40.7 Å². The van der Waals surface area contributed by atoms with E-state index in [0.717, 1.165) is 9.21 Å². The Bertz CT molecular complexity index is 1100. The molecule has 0 radical (unpaired) electrons. The zero-order chi connectivity index (χ0) is 29.4. The Hall–Kier alpha value is -2.67. The van der Waals surface area contributed by atoms with Crippen LogP contribution < -0.4 is 5.32 Å². The van der Waals surface area contributed by atoms with Gasteiger partial charge in [0.1, 0.15) is 12.1 Å². The third-order valence-electron chi connectivity index (χ3n) is 7.20. The van der Waals surface area contributed by atoms with Gasteiger partial charge in [-0.1, -0.05) is 26.8 Å². The minimum atomic E-state index is -3.93. The quantitative estimate of drug-likeness (QED) is 0.398. The van der Waals surface area contributed by atoms with Crippen LogP contribution in [0.3, 0.4) is 0 Å². The monoisotopic (exact) mass is 570 g/mol. The fourth-order valence-electron chi connectivity index (χ4n) is 4.87. The maximum atomic E-state index is 14.0. The number of nitrogens with zero attached hydrogens (tertiary/aromatic N) is 3. The first kappa shape index (κ1) is 30.9. The normalized spacial score (nSPS) is 25.6. The van der Waals surface area contributed by atoms with Crippen molar-refractivity contribution in [1.82, 2.24) is 19.4 Å². The number of rotatable bonds is 9. The van der Waals surface area contributed by atoms with E-state index in [2.05, 4.69) is 11.9 Å². The van der Waals surface area contributed by atoms with Crippen molar-refractivity contribution < 1.29 is 37.4 Å². The maximum absolute atomic E-state index is 14.0. The van der Waals surface area contributed by atoms with Gasteiger partial charge in [-0.2, -0.15) is 0 Å². The van der Waals surface area contributed by atoms with Crippen LogP contribution in [-0.2, 0) is 24.3 Å². The fourth-order valence-corrected chi connectivity index (χ4v) is 6.63. The Morgan fingerprint density at radius 2 is 1.79 bits per heavy atom. The van der Waals surface area contributed by atoms with Crippen LogP contribution in [0.2, 0.25) is 0 Å². The lowest BCUT2D eigenvalue weighted by Crippen LogP contribution is -2.60. The molecule has 5 amide bonds. The highest BCUT2D eigenvalue weighted by Crippen LogP contribution is 2.40. The average Bonchev–Trinajstić information content (AvgIpc) is 3.74. The molecule has 12 nitrogen and oxygen atoms in total. The number of aliphatic hydroxyl groups is 1. The summed E-state index contributed by atoms with van der Waals surface area (Å²) in [6, 6.07) is -3.88. The molecule has 3 rings (SSSR count). The van der Waals surface area contributed by atoms with Crippen molar-refractivity contribution in [2.24, 2.45) is 11.3 Å². The van der Waals surface area contributed by atoms with E-state index in [-0.39, 0.29) is 25.4 Å². The van der Waals surface area contributed by atoms with Gasteiger partial charge in [-0.15, -0.1) is 6.58 Å². The molecule has 1 aliphatic heterocycles. The molecule has 1 heterocycles. The van der Waals surface area contributed by atoms with E-state index < -0.39 is 75.0 Å². The molecule has 2 N–H and O–H groups in total. The molecular formula is C26H42N4O8S. The average molecular weight is 571 g/mol. The predicted molar refractivity (Wildman–Crippen MR) is 143 cm³/mol. The third-order valence-corrected chi connectivity index (χ3v) is 9.54. The number of hydrogen-bond acceptors (Lipinski definition) is 8. The summed E-state index contributed by atoms with van der Waals surface area (Å²) in [5, 5.41) is 12.4. The minimum Gasteiger partial charge on any atom is -0.447 e. The number of imide groups is 1. The summed E-state index contributed by atoms with van der Waals surface area (Å²) in [5.41, 5.74) is -0.786. The highest BCUT2D eigenvalue weighted by molar-refractivity contribution is 7.90. The van der Waals surface area contributed by atoms with Crippen LogP contribution in [0.5, 0.6) is 0 Å². The molecule has 0 aromatic carbocycles. The second kappa shape index (κ2) is 11.4. The van der Waals surface area contributed by atoms with Crippen molar-refractivity contribution in [1.29, 1.82) is 0 Å². The van der Waals surface area contributed by atoms with Gasteiger partial charge in [0.15, 0.2) is 0 Å². The molecule has 0 aromatic rings. The number of urea groups is 1. The van der Waals surface area contributed by atoms with Gasteiger partial charge >= 0.3 is 12.1 Å². The first-order chi connectivity index (χ1) is 18.0. The zero-order valence-corrected chi connectivity index (χ0v) is 24.4. The Labute approximate surface area is 230 Å². The van der Waals surface area contributed by atoms with Crippen molar-refractivity contribution >= 4 is 34.0 Å². The summed E-state index contributed by atoms with van der Waals surface area (Å²) >= 11 is 0. The summed E-state index contributed by atoms with van der Waals surface area (Å²) < 4.78 is 31.9. The number of β-amino-alcohol motifs (C(OH)–C–C–N with tert-alkyl or cyclic N) is 1. The second-order valence-electron chi connectivity index (χ2n) is 11.9. The van der Waals surface area contributed by atoms with E-state index in [0.29, 0.717) is 19.3 Å². The highest BCUT2D eigenvalue weighted by atomic mass is 32.2. The topological polar surface area (TPSA) is 154 Å². The van der Waals surface area contributed by atoms with Gasteiger partial charge in [0.25, 0.3) is 5.91 Å². The Kier molecular flexibility index (Phi) is 9.05. The molecule has 3 fully saturated rings. The number of hydrogen-bond donors (Lipinski definition) is 2. The molecule has 0 spiro atoms. The van der Waals surface area contributed by atoms with Crippen LogP contribution in [0, 0.1) is 11.3 Å². The summed E-state index contributed by atoms with van der Waals surface area (Å²) in [4.78, 5) is 56.0. The van der Waals surface area contributed by atoms with Crippen molar-refractivity contribution in [3.8, 4) is 0 Å². The predicted octanol–water partition coefficient (Wildman–Crippen LogP) is 1.83. The third kappa shape index (κ3) is 6.74. The zero-order valence-electron chi connectivity index (χ0n) is 23.6. The molecule has 220 valence electrons. The standard InChI is InChI=1S/C26H42N4O8S/c1-8-16-12-19(16)30(25(35)29(9-2)39(36,37)18-10-11-18)22(32)20-13-17(31)14-28(20)23(33)21(26(5,6)7)27-24(34)38-15(3)4/h8,15-21,31H,1,9-14H2,2-7H3,(H,27,34)/t16-,17+,19-,20+,21?/m1/s1. The van der Waals surface area contributed by atoms with E-state index in [1.807, 2.05) is 0 Å². The second-order valence-corrected chi connectivity index (χ2v) is 14.0. The molecule has 13 heteroatoms. The maximum Gasteiger partial charge on any atom is 0.408 e. The lowest BCUT2D eigenvalue weighted by atomic mass is 9.85. The molecule has 39 heavy (non-hydrogen) atoms. The molecule has 3 aliphatic rings. The van der Waals surface area contributed by atoms with Crippen LogP contribution >= 0.6 is 0 Å². The van der Waals surface area contributed by atoms with Gasteiger partial charge in [-0.25, -0.2) is 22.3 Å². The first-order valence-electron chi connectivity index (χ1n) is 13.5. The number of ether oxygens (including phenoxy) is 1. The van der Waals surface area contributed by atoms with Crippen LogP contribution in [-0.4, -0.2) is 100 Å². The molecule has 0 aromatic heterocycles. The van der Waals surface area contributed by atoms with E-state index in [1.165, 1.54) is 11.8 Å². The fraction of sp³-hybridized carbons (Fsp3) is 0.769. The summed E-state index contributed by atoms with van der Waals surface area (Å²) in [6.45, 7) is 13.5. The summed E-state index contributed by atoms with van der Waals surface area (Å²) in [7, 11) is -3.93. The summed E-state index contributed by atoms with van der Waals surface area (Å²) in [5.74, 6) is -1.58. The summed E-state index contributed by atoms with van der Waals surface area (Å²) in [6.07, 6.45) is 0.548. The Morgan fingerprint density at radius 1 is 1.18 bits per heavy atom. The minimum absolute atomic E-state index is 0.130. The van der Waals surface area contributed by atoms with E-state index in [4.69, 9.17) is 4.74 Å². The lowest BCUT2D eigenvalue weighted by Gasteiger charge is -2.37. The molecule has 0 bridgehead atoms. The van der Waals surface area contributed by atoms with E-state index in [9.17, 15) is 32.7 Å². The smallest absolute Gasteiger partial charge is 0.408 e. The van der Waals surface area contributed by atoms with Crippen LogP contribution in [0.25, 0.3) is 0 Å². The van der Waals surface area contributed by atoms with Gasteiger partial charge < -0.3 is 20.1 Å². The molecule has 2 aliphatic carbocycles.